The molecule has 1 fully saturated rings. The molecule has 1 amide bonds. The number of carbonyl (C=O) groups is 1. The first-order chi connectivity index (χ1) is 6.06. The number of likely N-dealkylation sites (tertiary alicyclic amines) is 1. The first-order valence-corrected chi connectivity index (χ1v) is 4.64. The van der Waals surface area contributed by atoms with E-state index in [4.69, 9.17) is 0 Å². The molecule has 0 unspecified atom stereocenters. The van der Waals surface area contributed by atoms with E-state index in [1.807, 2.05) is 7.05 Å². The summed E-state index contributed by atoms with van der Waals surface area (Å²) in [5.41, 5.74) is -1.27. The van der Waals surface area contributed by atoms with Crippen LogP contribution in [-0.4, -0.2) is 43.7 Å². The third kappa shape index (κ3) is 2.95. The summed E-state index contributed by atoms with van der Waals surface area (Å²) in [4.78, 5) is 13.1. The monoisotopic (exact) mass is 188 g/mol. The topological polar surface area (TPSA) is 32.3 Å². The van der Waals surface area contributed by atoms with Gasteiger partial charge >= 0.3 is 0 Å². The van der Waals surface area contributed by atoms with Gasteiger partial charge in [0.05, 0.1) is 6.42 Å². The molecule has 0 aromatic heterocycles. The van der Waals surface area contributed by atoms with Gasteiger partial charge in [0, 0.05) is 20.1 Å². The lowest BCUT2D eigenvalue weighted by Crippen LogP contribution is -2.42. The molecule has 3 nitrogen and oxygen atoms in total. The summed E-state index contributed by atoms with van der Waals surface area (Å²) in [5, 5.41) is 2.46. The maximum absolute atomic E-state index is 13.9. The summed E-state index contributed by atoms with van der Waals surface area (Å²) < 4.78 is 13.9. The highest BCUT2D eigenvalue weighted by molar-refractivity contribution is 5.76. The smallest absolute Gasteiger partial charge is 0.222 e. The number of alkyl halides is 1. The molecule has 1 aliphatic rings. The van der Waals surface area contributed by atoms with Crippen molar-refractivity contribution >= 4 is 5.91 Å². The number of hydrogen-bond donors (Lipinski definition) is 1. The highest BCUT2D eigenvalue weighted by atomic mass is 19.1. The minimum absolute atomic E-state index is 0.0112. The predicted octanol–water partition coefficient (Wildman–Crippen LogP) is 0.556. The molecule has 1 N–H and O–H groups in total. The molecule has 1 heterocycles. The Morgan fingerprint density at radius 2 is 2.08 bits per heavy atom. The van der Waals surface area contributed by atoms with Crippen molar-refractivity contribution in [3.63, 3.8) is 0 Å². The van der Waals surface area contributed by atoms with Gasteiger partial charge in [-0.2, -0.15) is 0 Å². The first-order valence-electron chi connectivity index (χ1n) is 4.64. The summed E-state index contributed by atoms with van der Waals surface area (Å²) >= 11 is 0. The standard InChI is InChI=1S/C9H17FN2O/c1-11-8(13)7-9(10)3-5-12(2)6-4-9/h3-7H2,1-2H3,(H,11,13). The molecule has 0 aromatic carbocycles. The van der Waals surface area contributed by atoms with Crippen LogP contribution in [0.5, 0.6) is 0 Å². The fourth-order valence-corrected chi connectivity index (χ4v) is 1.57. The number of halogens is 1. The van der Waals surface area contributed by atoms with Gasteiger partial charge in [0.25, 0.3) is 0 Å². The van der Waals surface area contributed by atoms with E-state index < -0.39 is 5.67 Å². The minimum atomic E-state index is -1.27. The van der Waals surface area contributed by atoms with Gasteiger partial charge in [0.2, 0.25) is 5.91 Å². The van der Waals surface area contributed by atoms with Crippen molar-refractivity contribution in [1.82, 2.24) is 10.2 Å². The zero-order valence-electron chi connectivity index (χ0n) is 8.27. The highest BCUT2D eigenvalue weighted by Gasteiger charge is 2.35. The molecule has 4 heteroatoms. The van der Waals surface area contributed by atoms with Gasteiger partial charge < -0.3 is 10.2 Å². The second-order valence-electron chi connectivity index (χ2n) is 3.80. The number of nitrogens with zero attached hydrogens (tertiary/aromatic N) is 1. The quantitative estimate of drug-likeness (QED) is 0.686. The van der Waals surface area contributed by atoms with Gasteiger partial charge in [0.15, 0.2) is 0 Å². The molecule has 0 bridgehead atoms. The van der Waals surface area contributed by atoms with E-state index in [2.05, 4.69) is 10.2 Å². The van der Waals surface area contributed by atoms with Crippen molar-refractivity contribution in [3.8, 4) is 0 Å². The minimum Gasteiger partial charge on any atom is -0.359 e. The van der Waals surface area contributed by atoms with Crippen LogP contribution in [0.15, 0.2) is 0 Å². The summed E-state index contributed by atoms with van der Waals surface area (Å²) in [6, 6.07) is 0. The second kappa shape index (κ2) is 4.05. The summed E-state index contributed by atoms with van der Waals surface area (Å²) in [5.74, 6) is -0.202. The highest BCUT2D eigenvalue weighted by Crippen LogP contribution is 2.29. The Kier molecular flexibility index (Phi) is 3.25. The summed E-state index contributed by atoms with van der Waals surface area (Å²) in [7, 11) is 3.51. The Morgan fingerprint density at radius 1 is 1.54 bits per heavy atom. The van der Waals surface area contributed by atoms with Crippen LogP contribution in [0.25, 0.3) is 0 Å². The van der Waals surface area contributed by atoms with Crippen molar-refractivity contribution in [2.45, 2.75) is 24.9 Å². The molecule has 1 saturated heterocycles. The molecule has 13 heavy (non-hydrogen) atoms. The predicted molar refractivity (Wildman–Crippen MR) is 49.3 cm³/mol. The lowest BCUT2D eigenvalue weighted by molar-refractivity contribution is -0.124. The fourth-order valence-electron chi connectivity index (χ4n) is 1.57. The molecular formula is C9H17FN2O. The third-order valence-electron chi connectivity index (χ3n) is 2.64. The summed E-state index contributed by atoms with van der Waals surface area (Å²) in [6.07, 6.45) is 0.950. The molecule has 1 aliphatic heterocycles. The number of carbonyl (C=O) groups excluding carboxylic acids is 1. The van der Waals surface area contributed by atoms with Crippen molar-refractivity contribution in [3.05, 3.63) is 0 Å². The lowest BCUT2D eigenvalue weighted by Gasteiger charge is -2.33. The number of piperidine rings is 1. The maximum atomic E-state index is 13.9. The molecule has 0 saturated carbocycles. The molecule has 76 valence electrons. The average Bonchev–Trinajstić information content (AvgIpc) is 2.10. The molecule has 0 radical (unpaired) electrons. The van der Waals surface area contributed by atoms with Crippen LogP contribution in [0.4, 0.5) is 4.39 Å². The Morgan fingerprint density at radius 3 is 2.54 bits per heavy atom. The molecule has 0 aromatic rings. The van der Waals surface area contributed by atoms with Gasteiger partial charge in [-0.05, 0) is 19.9 Å². The van der Waals surface area contributed by atoms with Crippen molar-refractivity contribution in [2.75, 3.05) is 27.2 Å². The normalized spacial score (nSPS) is 22.7. The van der Waals surface area contributed by atoms with Crippen LogP contribution in [0.2, 0.25) is 0 Å². The molecule has 1 rings (SSSR count). The van der Waals surface area contributed by atoms with Crippen LogP contribution in [0.1, 0.15) is 19.3 Å². The Balaban J connectivity index is 2.43. The van der Waals surface area contributed by atoms with Gasteiger partial charge in [-0.15, -0.1) is 0 Å². The Hall–Kier alpha value is -0.640. The van der Waals surface area contributed by atoms with Crippen LogP contribution in [0.3, 0.4) is 0 Å². The maximum Gasteiger partial charge on any atom is 0.222 e. The van der Waals surface area contributed by atoms with Gasteiger partial charge in [-0.1, -0.05) is 0 Å². The molecule has 0 spiro atoms. The van der Waals surface area contributed by atoms with Gasteiger partial charge in [-0.25, -0.2) is 4.39 Å². The molecular weight excluding hydrogens is 171 g/mol. The number of hydrogen-bond acceptors (Lipinski definition) is 2. The van der Waals surface area contributed by atoms with Gasteiger partial charge in [0.1, 0.15) is 5.67 Å². The summed E-state index contributed by atoms with van der Waals surface area (Å²) in [6.45, 7) is 1.49. The van der Waals surface area contributed by atoms with Crippen LogP contribution < -0.4 is 5.32 Å². The van der Waals surface area contributed by atoms with E-state index in [9.17, 15) is 9.18 Å². The largest absolute Gasteiger partial charge is 0.359 e. The fraction of sp³-hybridized carbons (Fsp3) is 0.889. The second-order valence-corrected chi connectivity index (χ2v) is 3.80. The first kappa shape index (κ1) is 10.4. The van der Waals surface area contributed by atoms with Crippen LogP contribution in [0, 0.1) is 0 Å². The Bertz CT molecular complexity index is 188. The third-order valence-corrected chi connectivity index (χ3v) is 2.64. The van der Waals surface area contributed by atoms with E-state index in [1.54, 1.807) is 7.05 Å². The van der Waals surface area contributed by atoms with E-state index >= 15 is 0 Å². The lowest BCUT2D eigenvalue weighted by atomic mass is 9.90. The average molecular weight is 188 g/mol. The van der Waals surface area contributed by atoms with Crippen molar-refractivity contribution in [1.29, 1.82) is 0 Å². The SMILES string of the molecule is CNC(=O)CC1(F)CCN(C)CC1. The van der Waals surface area contributed by atoms with Crippen molar-refractivity contribution < 1.29 is 9.18 Å². The van der Waals surface area contributed by atoms with E-state index in [0.29, 0.717) is 12.8 Å². The number of rotatable bonds is 2. The zero-order chi connectivity index (χ0) is 9.90. The Labute approximate surface area is 78.3 Å². The number of amides is 1. The van der Waals surface area contributed by atoms with Crippen LogP contribution >= 0.6 is 0 Å². The van der Waals surface area contributed by atoms with E-state index in [0.717, 1.165) is 13.1 Å². The number of nitrogens with one attached hydrogen (secondary N) is 1. The van der Waals surface area contributed by atoms with Crippen LogP contribution in [-0.2, 0) is 4.79 Å². The van der Waals surface area contributed by atoms with Gasteiger partial charge in [-0.3, -0.25) is 4.79 Å². The zero-order valence-corrected chi connectivity index (χ0v) is 8.27. The molecule has 0 aliphatic carbocycles. The molecule has 0 atom stereocenters. The van der Waals surface area contributed by atoms with E-state index in [1.165, 1.54) is 0 Å². The van der Waals surface area contributed by atoms with Crippen molar-refractivity contribution in [2.24, 2.45) is 0 Å². The van der Waals surface area contributed by atoms with E-state index in [-0.39, 0.29) is 12.3 Å².